The number of benzene rings is 1. The maximum atomic E-state index is 15.5. The number of ether oxygens (including phenoxy) is 2. The summed E-state index contributed by atoms with van der Waals surface area (Å²) in [6.07, 6.45) is 8.53. The normalized spacial score (nSPS) is 24.1. The van der Waals surface area contributed by atoms with Crippen molar-refractivity contribution in [2.75, 3.05) is 14.2 Å². The molecule has 250 valence electrons. The smallest absolute Gasteiger partial charge is 0.200 e. The fourth-order valence-electron chi connectivity index (χ4n) is 7.51. The van der Waals surface area contributed by atoms with Gasteiger partial charge in [-0.15, -0.1) is 0 Å². The second kappa shape index (κ2) is 14.0. The number of fused-ring (bicyclic) bond motifs is 2. The standard InChI is InChI=1S/C40H54O6/c1-24(2)13-15-29(27(7)8)22-39-23-30(17-14-25(3)4)38(9,10)40(37(39)44,20-19-26(5)6)36(46-12)33(35(39)43)34(42)28-16-18-32(45-11)31(41)21-28/h13-14,16,18-19,21,29-30,41H,7,15,17,20,22-23H2,1-6,8-12H3/t29-,30-,39+,40-/m1/s1. The molecular formula is C40H54O6. The topological polar surface area (TPSA) is 89.9 Å². The summed E-state index contributed by atoms with van der Waals surface area (Å²) in [4.78, 5) is 45.2. The van der Waals surface area contributed by atoms with Crippen molar-refractivity contribution in [2.45, 2.75) is 94.4 Å². The van der Waals surface area contributed by atoms with E-state index in [9.17, 15) is 9.90 Å². The van der Waals surface area contributed by atoms with Gasteiger partial charge in [0.25, 0.3) is 0 Å². The molecule has 2 aliphatic carbocycles. The van der Waals surface area contributed by atoms with Crippen LogP contribution in [-0.2, 0) is 14.3 Å². The zero-order valence-electron chi connectivity index (χ0n) is 29.8. The Hall–Kier alpha value is -3.67. The number of hydrogen-bond acceptors (Lipinski definition) is 6. The fourth-order valence-corrected chi connectivity index (χ4v) is 7.51. The number of rotatable bonds is 13. The highest BCUT2D eigenvalue weighted by molar-refractivity contribution is 6.35. The molecule has 1 N–H and O–H groups in total. The van der Waals surface area contributed by atoms with Crippen molar-refractivity contribution in [1.29, 1.82) is 0 Å². The monoisotopic (exact) mass is 630 g/mol. The van der Waals surface area contributed by atoms with Crippen molar-refractivity contribution < 1.29 is 29.0 Å². The van der Waals surface area contributed by atoms with E-state index in [0.717, 1.165) is 22.3 Å². The predicted octanol–water partition coefficient (Wildman–Crippen LogP) is 9.31. The first kappa shape index (κ1) is 36.8. The van der Waals surface area contributed by atoms with Crippen LogP contribution in [0.3, 0.4) is 0 Å². The number of ketones is 3. The molecule has 4 atom stereocenters. The molecule has 2 bridgehead atoms. The summed E-state index contributed by atoms with van der Waals surface area (Å²) in [6.45, 7) is 22.5. The molecule has 1 aromatic carbocycles. The Morgan fingerprint density at radius 2 is 1.59 bits per heavy atom. The number of carbonyl (C=O) groups is 3. The van der Waals surface area contributed by atoms with E-state index in [-0.39, 0.29) is 52.4 Å². The predicted molar refractivity (Wildman–Crippen MR) is 185 cm³/mol. The van der Waals surface area contributed by atoms with E-state index < -0.39 is 27.8 Å². The molecule has 0 radical (unpaired) electrons. The summed E-state index contributed by atoms with van der Waals surface area (Å²) >= 11 is 0. The van der Waals surface area contributed by atoms with Crippen LogP contribution < -0.4 is 4.74 Å². The molecule has 0 heterocycles. The van der Waals surface area contributed by atoms with E-state index in [2.05, 4.69) is 46.4 Å². The lowest BCUT2D eigenvalue weighted by Crippen LogP contribution is -2.67. The van der Waals surface area contributed by atoms with Crippen LogP contribution in [0, 0.1) is 28.1 Å². The minimum Gasteiger partial charge on any atom is -0.504 e. The molecule has 0 amide bonds. The van der Waals surface area contributed by atoms with Gasteiger partial charge >= 0.3 is 0 Å². The molecular weight excluding hydrogens is 576 g/mol. The first-order valence-electron chi connectivity index (χ1n) is 16.3. The van der Waals surface area contributed by atoms with Crippen molar-refractivity contribution in [3.05, 3.63) is 82.2 Å². The fraction of sp³-hybridized carbons (Fsp3) is 0.525. The molecule has 0 aliphatic heterocycles. The second-order valence-corrected chi connectivity index (χ2v) is 14.7. The van der Waals surface area contributed by atoms with Crippen LogP contribution in [0.5, 0.6) is 11.5 Å². The van der Waals surface area contributed by atoms with Gasteiger partial charge in [-0.3, -0.25) is 14.4 Å². The minimum absolute atomic E-state index is 0.0596. The van der Waals surface area contributed by atoms with E-state index >= 15 is 9.59 Å². The summed E-state index contributed by atoms with van der Waals surface area (Å²) < 4.78 is 11.3. The second-order valence-electron chi connectivity index (χ2n) is 14.7. The largest absolute Gasteiger partial charge is 0.504 e. The van der Waals surface area contributed by atoms with Crippen molar-refractivity contribution in [3.63, 3.8) is 0 Å². The maximum Gasteiger partial charge on any atom is 0.200 e. The van der Waals surface area contributed by atoms with Crippen LogP contribution in [0.2, 0.25) is 0 Å². The van der Waals surface area contributed by atoms with Crippen molar-refractivity contribution in [1.82, 2.24) is 0 Å². The Labute approximate surface area is 276 Å². The number of hydrogen-bond donors (Lipinski definition) is 1. The lowest BCUT2D eigenvalue weighted by Gasteiger charge is -2.61. The van der Waals surface area contributed by atoms with E-state index in [4.69, 9.17) is 9.47 Å². The summed E-state index contributed by atoms with van der Waals surface area (Å²) in [5.41, 5.74) is 0.794. The van der Waals surface area contributed by atoms with Gasteiger partial charge in [0.1, 0.15) is 11.3 Å². The van der Waals surface area contributed by atoms with E-state index in [1.54, 1.807) is 0 Å². The third-order valence-corrected chi connectivity index (χ3v) is 10.4. The highest BCUT2D eigenvalue weighted by Gasteiger charge is 2.72. The Balaban J connectivity index is 2.50. The van der Waals surface area contributed by atoms with Crippen LogP contribution in [0.1, 0.15) is 105 Å². The number of methoxy groups -OCH3 is 2. The number of allylic oxidation sites excluding steroid dienone is 9. The number of carbonyl (C=O) groups excluding carboxylic acids is 3. The van der Waals surface area contributed by atoms with Gasteiger partial charge in [-0.1, -0.05) is 60.9 Å². The maximum absolute atomic E-state index is 15.5. The Bertz CT molecular complexity index is 1520. The van der Waals surface area contributed by atoms with E-state index in [0.29, 0.717) is 25.7 Å². The Morgan fingerprint density at radius 3 is 2.09 bits per heavy atom. The lowest BCUT2D eigenvalue weighted by atomic mass is 9.39. The van der Waals surface area contributed by atoms with Gasteiger partial charge in [0.05, 0.1) is 25.0 Å². The van der Waals surface area contributed by atoms with Crippen molar-refractivity contribution >= 4 is 17.3 Å². The SMILES string of the molecule is C=C(C)[C@H](CC=C(C)C)C[C@@]12C[C@@H](CC=C(C)C)C(C)(C)[C@@](CC=C(C)C)(C1=O)C(OC)=C(C(=O)c1ccc(OC)c(O)c1)C2=O. The van der Waals surface area contributed by atoms with Gasteiger partial charge in [0.15, 0.2) is 28.8 Å². The van der Waals surface area contributed by atoms with Crippen LogP contribution in [0.4, 0.5) is 0 Å². The van der Waals surface area contributed by atoms with Gasteiger partial charge in [0.2, 0.25) is 0 Å². The summed E-state index contributed by atoms with van der Waals surface area (Å²) in [6, 6.07) is 4.34. The lowest BCUT2D eigenvalue weighted by molar-refractivity contribution is -0.171. The van der Waals surface area contributed by atoms with Crippen molar-refractivity contribution in [2.24, 2.45) is 28.1 Å². The first-order chi connectivity index (χ1) is 21.4. The molecule has 0 unspecified atom stereocenters. The number of phenols is 1. The molecule has 6 nitrogen and oxygen atoms in total. The molecule has 0 spiro atoms. The number of aromatic hydroxyl groups is 1. The van der Waals surface area contributed by atoms with E-state index in [1.807, 2.05) is 40.7 Å². The Kier molecular flexibility index (Phi) is 11.2. The van der Waals surface area contributed by atoms with Gasteiger partial charge in [-0.05, 0) is 116 Å². The van der Waals surface area contributed by atoms with Gasteiger partial charge in [-0.2, -0.15) is 0 Å². The van der Waals surface area contributed by atoms with Crippen molar-refractivity contribution in [3.8, 4) is 11.5 Å². The summed E-state index contributed by atoms with van der Waals surface area (Å²) in [5.74, 6) is -1.34. The number of Topliss-reactive ketones (excluding diaryl/α,β-unsaturated/α-hetero) is 3. The summed E-state index contributed by atoms with van der Waals surface area (Å²) in [7, 11) is 2.88. The van der Waals surface area contributed by atoms with Crippen LogP contribution in [0.15, 0.2) is 76.6 Å². The summed E-state index contributed by atoms with van der Waals surface area (Å²) in [5, 5.41) is 10.6. The molecule has 1 aromatic rings. The van der Waals surface area contributed by atoms with Gasteiger partial charge < -0.3 is 14.6 Å². The van der Waals surface area contributed by atoms with Gasteiger partial charge in [0, 0.05) is 5.56 Å². The molecule has 0 aromatic heterocycles. The molecule has 2 aliphatic rings. The molecule has 3 rings (SSSR count). The molecule has 1 fully saturated rings. The molecule has 1 saturated carbocycles. The molecule has 0 saturated heterocycles. The van der Waals surface area contributed by atoms with Crippen LogP contribution in [-0.4, -0.2) is 36.7 Å². The average Bonchev–Trinajstić information content (AvgIpc) is 2.97. The molecule has 46 heavy (non-hydrogen) atoms. The third kappa shape index (κ3) is 6.45. The average molecular weight is 631 g/mol. The zero-order chi connectivity index (χ0) is 34.8. The van der Waals surface area contributed by atoms with Gasteiger partial charge in [-0.25, -0.2) is 0 Å². The van der Waals surface area contributed by atoms with Crippen LogP contribution in [0.25, 0.3) is 0 Å². The Morgan fingerprint density at radius 1 is 0.978 bits per heavy atom. The minimum atomic E-state index is -1.47. The third-order valence-electron chi connectivity index (χ3n) is 10.4. The van der Waals surface area contributed by atoms with Crippen LogP contribution >= 0.6 is 0 Å². The quantitative estimate of drug-likeness (QED) is 0.101. The van der Waals surface area contributed by atoms with E-state index in [1.165, 1.54) is 32.4 Å². The first-order valence-corrected chi connectivity index (χ1v) is 16.3. The highest BCUT2D eigenvalue weighted by atomic mass is 16.5. The number of phenolic OH excluding ortho intramolecular Hbond substituents is 1. The highest BCUT2D eigenvalue weighted by Crippen LogP contribution is 2.68. The zero-order valence-corrected chi connectivity index (χ0v) is 29.8. The molecule has 6 heteroatoms.